The lowest BCUT2D eigenvalue weighted by Crippen LogP contribution is -2.52. The van der Waals surface area contributed by atoms with Crippen molar-refractivity contribution in [3.05, 3.63) is 65.0 Å². The summed E-state index contributed by atoms with van der Waals surface area (Å²) in [4.78, 5) is 28.9. The lowest BCUT2D eigenvalue weighted by Gasteiger charge is -2.36. The molecule has 200 valence electrons. The Kier molecular flexibility index (Phi) is 8.06. The van der Waals surface area contributed by atoms with Crippen LogP contribution in [0, 0.1) is 11.7 Å². The van der Waals surface area contributed by atoms with Crippen molar-refractivity contribution in [2.45, 2.75) is 57.4 Å². The second-order valence-electron chi connectivity index (χ2n) is 9.46. The number of ether oxygens (including phenoxy) is 1. The topological polar surface area (TPSA) is 70.7 Å². The summed E-state index contributed by atoms with van der Waals surface area (Å²) in [5.74, 6) is -2.07. The first-order valence-corrected chi connectivity index (χ1v) is 12.6. The Balaban J connectivity index is 1.60. The zero-order chi connectivity index (χ0) is 26.7. The fourth-order valence-electron chi connectivity index (χ4n) is 5.10. The molecule has 6 nitrogen and oxygen atoms in total. The third-order valence-corrected chi connectivity index (χ3v) is 7.13. The molecule has 2 amide bonds. The molecule has 0 aromatic heterocycles. The number of nitrogens with one attached hydrogen (secondary N) is 2. The molecule has 3 atom stereocenters. The van der Waals surface area contributed by atoms with Gasteiger partial charge in [0.15, 0.2) is 0 Å². The van der Waals surface area contributed by atoms with Crippen molar-refractivity contribution >= 4 is 17.5 Å². The van der Waals surface area contributed by atoms with Crippen LogP contribution in [0.5, 0.6) is 0 Å². The van der Waals surface area contributed by atoms with E-state index in [4.69, 9.17) is 4.74 Å². The highest BCUT2D eigenvalue weighted by molar-refractivity contribution is 6.02. The molecule has 2 aliphatic heterocycles. The predicted molar refractivity (Wildman–Crippen MR) is 130 cm³/mol. The Hall–Kier alpha value is -3.14. The van der Waals surface area contributed by atoms with Gasteiger partial charge in [0.2, 0.25) is 5.91 Å². The number of rotatable bonds is 8. The van der Waals surface area contributed by atoms with Crippen molar-refractivity contribution in [1.29, 1.82) is 0 Å². The van der Waals surface area contributed by atoms with Crippen LogP contribution in [0.25, 0.3) is 0 Å². The summed E-state index contributed by atoms with van der Waals surface area (Å²) in [6.07, 6.45) is -2.95. The number of carbonyl (C=O) groups excluding carboxylic acids is 2. The molecule has 37 heavy (non-hydrogen) atoms. The molecule has 0 spiro atoms. The van der Waals surface area contributed by atoms with Crippen LogP contribution in [-0.4, -0.2) is 48.6 Å². The van der Waals surface area contributed by atoms with Crippen molar-refractivity contribution in [2.24, 2.45) is 5.92 Å². The van der Waals surface area contributed by atoms with Gasteiger partial charge in [-0.3, -0.25) is 9.59 Å². The van der Waals surface area contributed by atoms with Gasteiger partial charge in [0.05, 0.1) is 30.4 Å². The SMILES string of the molecule is CCNc1ccccc1C(=O)N1[C@H](CC)CC[C@@H]1C(=O)NC(c1ccc(C(F)(F)F)cc1F)C1COC1. The fourth-order valence-corrected chi connectivity index (χ4v) is 5.10. The van der Waals surface area contributed by atoms with Crippen LogP contribution in [0.15, 0.2) is 42.5 Å². The standard InChI is InChI=1S/C27H31F4N3O3/c1-3-18-10-12-23(34(18)26(36)20-7-5-6-8-22(20)32-4-2)25(35)33-24(16-14-37-15-16)19-11-9-17(13-21(19)28)27(29,30)31/h5-9,11,13,16,18,23-24,32H,3-4,10,12,14-15H2,1-2H3,(H,33,35)/t18-,23-,24?/m1/s1. The number of amides is 2. The maximum absolute atomic E-state index is 14.9. The summed E-state index contributed by atoms with van der Waals surface area (Å²) >= 11 is 0. The van der Waals surface area contributed by atoms with Gasteiger partial charge in [-0.2, -0.15) is 13.2 Å². The third kappa shape index (κ3) is 5.58. The highest BCUT2D eigenvalue weighted by Gasteiger charge is 2.43. The molecule has 2 fully saturated rings. The molecule has 10 heteroatoms. The maximum atomic E-state index is 14.9. The Bertz CT molecular complexity index is 1140. The van der Waals surface area contributed by atoms with E-state index in [0.717, 1.165) is 12.1 Å². The molecule has 2 aromatic rings. The Morgan fingerprint density at radius 1 is 1.11 bits per heavy atom. The molecular weight excluding hydrogens is 490 g/mol. The largest absolute Gasteiger partial charge is 0.416 e. The minimum Gasteiger partial charge on any atom is -0.385 e. The molecule has 0 saturated carbocycles. The number of alkyl halides is 3. The number of benzene rings is 2. The predicted octanol–water partition coefficient (Wildman–Crippen LogP) is 5.16. The quantitative estimate of drug-likeness (QED) is 0.471. The average Bonchev–Trinajstić information content (AvgIpc) is 3.26. The zero-order valence-electron chi connectivity index (χ0n) is 20.8. The molecule has 2 aliphatic rings. The van der Waals surface area contributed by atoms with Gasteiger partial charge >= 0.3 is 6.18 Å². The van der Waals surface area contributed by atoms with E-state index in [2.05, 4.69) is 10.6 Å². The van der Waals surface area contributed by atoms with Crippen molar-refractivity contribution < 1.29 is 31.9 Å². The van der Waals surface area contributed by atoms with Gasteiger partial charge in [-0.1, -0.05) is 25.1 Å². The van der Waals surface area contributed by atoms with E-state index in [1.54, 1.807) is 17.0 Å². The van der Waals surface area contributed by atoms with Gasteiger partial charge in [0.1, 0.15) is 11.9 Å². The summed E-state index contributed by atoms with van der Waals surface area (Å²) in [7, 11) is 0. The first-order valence-electron chi connectivity index (χ1n) is 12.6. The van der Waals surface area contributed by atoms with E-state index in [-0.39, 0.29) is 36.6 Å². The van der Waals surface area contributed by atoms with Crippen LogP contribution >= 0.6 is 0 Å². The molecule has 2 saturated heterocycles. The summed E-state index contributed by atoms with van der Waals surface area (Å²) in [6.45, 7) is 4.98. The molecule has 4 rings (SSSR count). The van der Waals surface area contributed by atoms with Crippen molar-refractivity contribution in [3.8, 4) is 0 Å². The van der Waals surface area contributed by atoms with Crippen LogP contribution in [0.4, 0.5) is 23.2 Å². The summed E-state index contributed by atoms with van der Waals surface area (Å²) in [5, 5.41) is 6.03. The number of likely N-dealkylation sites (tertiary alicyclic amines) is 1. The minimum atomic E-state index is -4.68. The number of hydrogen-bond donors (Lipinski definition) is 2. The molecule has 1 unspecified atom stereocenters. The number of halogens is 4. The van der Waals surface area contributed by atoms with Crippen molar-refractivity contribution in [2.75, 3.05) is 25.1 Å². The van der Waals surface area contributed by atoms with Crippen LogP contribution < -0.4 is 10.6 Å². The molecule has 0 radical (unpaired) electrons. The lowest BCUT2D eigenvalue weighted by atomic mass is 9.90. The number of anilines is 1. The highest BCUT2D eigenvalue weighted by Crippen LogP contribution is 2.36. The van der Waals surface area contributed by atoms with Crippen molar-refractivity contribution in [1.82, 2.24) is 10.2 Å². The van der Waals surface area contributed by atoms with E-state index >= 15 is 0 Å². The summed E-state index contributed by atoms with van der Waals surface area (Å²) in [6, 6.07) is 7.63. The molecular formula is C27H31F4N3O3. The normalized spacial score (nSPS) is 20.9. The molecule has 0 aliphatic carbocycles. The van der Waals surface area contributed by atoms with Crippen LogP contribution in [0.3, 0.4) is 0 Å². The monoisotopic (exact) mass is 521 g/mol. The Morgan fingerprint density at radius 3 is 2.43 bits per heavy atom. The van der Waals surface area contributed by atoms with E-state index < -0.39 is 35.5 Å². The van der Waals surface area contributed by atoms with Crippen LogP contribution in [0.1, 0.15) is 60.6 Å². The molecule has 2 heterocycles. The number of nitrogens with zero attached hydrogens (tertiary/aromatic N) is 1. The van der Waals surface area contributed by atoms with E-state index in [1.807, 2.05) is 26.0 Å². The minimum absolute atomic E-state index is 0.0324. The third-order valence-electron chi connectivity index (χ3n) is 7.13. The Morgan fingerprint density at radius 2 is 1.84 bits per heavy atom. The maximum Gasteiger partial charge on any atom is 0.416 e. The van der Waals surface area contributed by atoms with Crippen LogP contribution in [0.2, 0.25) is 0 Å². The van der Waals surface area contributed by atoms with Gasteiger partial charge in [-0.05, 0) is 50.5 Å². The van der Waals surface area contributed by atoms with Crippen LogP contribution in [-0.2, 0) is 15.7 Å². The zero-order valence-corrected chi connectivity index (χ0v) is 20.8. The van der Waals surface area contributed by atoms with E-state index in [0.29, 0.717) is 43.1 Å². The van der Waals surface area contributed by atoms with Gasteiger partial charge in [0.25, 0.3) is 5.91 Å². The van der Waals surface area contributed by atoms with Gasteiger partial charge in [-0.25, -0.2) is 4.39 Å². The van der Waals surface area contributed by atoms with Gasteiger partial charge < -0.3 is 20.3 Å². The van der Waals surface area contributed by atoms with E-state index in [9.17, 15) is 27.2 Å². The highest BCUT2D eigenvalue weighted by atomic mass is 19.4. The molecule has 2 aromatic carbocycles. The van der Waals surface area contributed by atoms with Gasteiger partial charge in [-0.15, -0.1) is 0 Å². The summed E-state index contributed by atoms with van der Waals surface area (Å²) in [5.41, 5.74) is 0.00362. The summed E-state index contributed by atoms with van der Waals surface area (Å²) < 4.78 is 59.3. The number of carbonyl (C=O) groups is 2. The van der Waals surface area contributed by atoms with Gasteiger partial charge in [0, 0.05) is 29.8 Å². The lowest BCUT2D eigenvalue weighted by molar-refractivity contribution is -0.138. The molecule has 2 N–H and O–H groups in total. The average molecular weight is 522 g/mol. The second-order valence-corrected chi connectivity index (χ2v) is 9.46. The molecule has 0 bridgehead atoms. The number of hydrogen-bond acceptors (Lipinski definition) is 4. The number of para-hydroxylation sites is 1. The fraction of sp³-hybridized carbons (Fsp3) is 0.481. The Labute approximate surface area is 213 Å². The smallest absolute Gasteiger partial charge is 0.385 e. The first kappa shape index (κ1) is 26.9. The second kappa shape index (κ2) is 11.1. The first-order chi connectivity index (χ1) is 17.7. The van der Waals surface area contributed by atoms with Crippen molar-refractivity contribution in [3.63, 3.8) is 0 Å². The van der Waals surface area contributed by atoms with E-state index in [1.165, 1.54) is 0 Å².